The molecule has 0 fully saturated rings. The van der Waals surface area contributed by atoms with Crippen LogP contribution in [0.3, 0.4) is 0 Å². The summed E-state index contributed by atoms with van der Waals surface area (Å²) in [6.07, 6.45) is -0.305. The molecule has 1 atom stereocenters. The van der Waals surface area contributed by atoms with Crippen LogP contribution in [0.1, 0.15) is 34.6 Å². The molecule has 0 aromatic rings. The summed E-state index contributed by atoms with van der Waals surface area (Å²) < 4.78 is 0. The van der Waals surface area contributed by atoms with E-state index in [1.54, 1.807) is 0 Å². The molecule has 0 aliphatic heterocycles. The third kappa shape index (κ3) is 12.6. The smallest absolute Gasteiger partial charge is 0.0791 e. The predicted molar refractivity (Wildman–Crippen MR) is 83.6 cm³/mol. The second-order valence-corrected chi connectivity index (χ2v) is 7.24. The first-order chi connectivity index (χ1) is 8.60. The summed E-state index contributed by atoms with van der Waals surface area (Å²) in [7, 11) is 4.18. The fourth-order valence-electron chi connectivity index (χ4n) is 1.90. The second-order valence-electron chi connectivity index (χ2n) is 7.24. The molecular weight excluding hydrogens is 238 g/mol. The summed E-state index contributed by atoms with van der Waals surface area (Å²) in [6, 6.07) is 0. The van der Waals surface area contributed by atoms with E-state index < -0.39 is 0 Å². The number of β-amino-alcohol motifs (C(OH)–C–C–N with tert-alkyl or cyclic N) is 1. The van der Waals surface area contributed by atoms with E-state index in [1.165, 1.54) is 0 Å². The maximum Gasteiger partial charge on any atom is 0.0791 e. The Labute approximate surface area is 120 Å². The molecule has 0 aliphatic carbocycles. The van der Waals surface area contributed by atoms with Crippen LogP contribution in [0.2, 0.25) is 0 Å². The number of nitrogens with zero attached hydrogens (tertiary/aromatic N) is 2. The van der Waals surface area contributed by atoms with E-state index >= 15 is 0 Å². The Hall–Kier alpha value is -0.160. The molecule has 0 aromatic heterocycles. The zero-order valence-electron chi connectivity index (χ0n) is 14.0. The van der Waals surface area contributed by atoms with Gasteiger partial charge in [0.25, 0.3) is 0 Å². The van der Waals surface area contributed by atoms with E-state index in [2.05, 4.69) is 63.8 Å². The Morgan fingerprint density at radius 2 is 1.63 bits per heavy atom. The number of hydrogen-bond donors (Lipinski definition) is 2. The van der Waals surface area contributed by atoms with Gasteiger partial charge in [-0.3, -0.25) is 4.90 Å². The lowest BCUT2D eigenvalue weighted by atomic mass is 10.1. The number of likely N-dealkylation sites (N-methyl/N-ethyl adjacent to an activating group) is 1. The van der Waals surface area contributed by atoms with Crippen LogP contribution < -0.4 is 5.32 Å². The van der Waals surface area contributed by atoms with Crippen molar-refractivity contribution in [3.8, 4) is 0 Å². The highest BCUT2D eigenvalue weighted by molar-refractivity contribution is 4.75. The van der Waals surface area contributed by atoms with Crippen LogP contribution in [0, 0.1) is 5.92 Å². The van der Waals surface area contributed by atoms with Gasteiger partial charge in [-0.25, -0.2) is 0 Å². The summed E-state index contributed by atoms with van der Waals surface area (Å²) in [4.78, 5) is 4.55. The molecule has 4 heteroatoms. The average Bonchev–Trinajstić information content (AvgIpc) is 2.21. The molecule has 0 heterocycles. The van der Waals surface area contributed by atoms with Crippen LogP contribution in [0.15, 0.2) is 0 Å². The third-order valence-electron chi connectivity index (χ3n) is 2.82. The van der Waals surface area contributed by atoms with Gasteiger partial charge in [0.05, 0.1) is 6.10 Å². The molecule has 0 bridgehead atoms. The van der Waals surface area contributed by atoms with Gasteiger partial charge in [0, 0.05) is 38.3 Å². The van der Waals surface area contributed by atoms with E-state index in [4.69, 9.17) is 0 Å². The van der Waals surface area contributed by atoms with E-state index in [0.717, 1.165) is 26.2 Å². The highest BCUT2D eigenvalue weighted by Gasteiger charge is 2.16. The molecule has 0 saturated carbocycles. The zero-order chi connectivity index (χ0) is 15.1. The Balaban J connectivity index is 4.14. The van der Waals surface area contributed by atoms with Gasteiger partial charge in [-0.2, -0.15) is 0 Å². The Morgan fingerprint density at radius 3 is 2.05 bits per heavy atom. The Bertz CT molecular complexity index is 224. The standard InChI is InChI=1S/C15H35N3O/c1-13(2)11-18(9-8-17(6)7)12-14(19)10-16-15(3,4)5/h13-14,16,19H,8-12H2,1-7H3. The van der Waals surface area contributed by atoms with Crippen molar-refractivity contribution >= 4 is 0 Å². The molecule has 4 nitrogen and oxygen atoms in total. The largest absolute Gasteiger partial charge is 0.390 e. The monoisotopic (exact) mass is 273 g/mol. The van der Waals surface area contributed by atoms with E-state index in [-0.39, 0.29) is 11.6 Å². The summed E-state index contributed by atoms with van der Waals surface area (Å²) in [5.41, 5.74) is 0.0630. The minimum atomic E-state index is -0.305. The summed E-state index contributed by atoms with van der Waals surface area (Å²) >= 11 is 0. The number of nitrogens with one attached hydrogen (secondary N) is 1. The highest BCUT2D eigenvalue weighted by Crippen LogP contribution is 2.02. The van der Waals surface area contributed by atoms with Gasteiger partial charge in [-0.1, -0.05) is 13.8 Å². The minimum Gasteiger partial charge on any atom is -0.390 e. The predicted octanol–water partition coefficient (Wildman–Crippen LogP) is 1.26. The first-order valence-electron chi connectivity index (χ1n) is 7.40. The molecule has 2 N–H and O–H groups in total. The number of aliphatic hydroxyl groups excluding tert-OH is 1. The molecule has 0 rings (SSSR count). The van der Waals surface area contributed by atoms with Crippen molar-refractivity contribution in [3.05, 3.63) is 0 Å². The summed E-state index contributed by atoms with van der Waals surface area (Å²) in [5.74, 6) is 0.630. The Morgan fingerprint density at radius 1 is 1.05 bits per heavy atom. The van der Waals surface area contributed by atoms with Gasteiger partial charge in [0.15, 0.2) is 0 Å². The zero-order valence-corrected chi connectivity index (χ0v) is 14.0. The summed E-state index contributed by atoms with van der Waals surface area (Å²) in [5, 5.41) is 13.5. The van der Waals surface area contributed by atoms with Crippen LogP contribution in [0.5, 0.6) is 0 Å². The lowest BCUT2D eigenvalue weighted by molar-refractivity contribution is 0.0949. The van der Waals surface area contributed by atoms with Gasteiger partial charge in [0.2, 0.25) is 0 Å². The molecule has 116 valence electrons. The van der Waals surface area contributed by atoms with Crippen molar-refractivity contribution in [1.29, 1.82) is 0 Å². The molecule has 19 heavy (non-hydrogen) atoms. The number of rotatable bonds is 9. The van der Waals surface area contributed by atoms with Crippen molar-refractivity contribution in [2.24, 2.45) is 5.92 Å². The summed E-state index contributed by atoms with van der Waals surface area (Å²) in [6.45, 7) is 15.3. The molecule has 0 aromatic carbocycles. The fraction of sp³-hybridized carbons (Fsp3) is 1.00. The third-order valence-corrected chi connectivity index (χ3v) is 2.82. The quantitative estimate of drug-likeness (QED) is 0.663. The van der Waals surface area contributed by atoms with E-state index in [1.807, 2.05) is 0 Å². The first kappa shape index (κ1) is 18.8. The second kappa shape index (κ2) is 8.90. The van der Waals surface area contributed by atoms with Crippen LogP contribution in [0.4, 0.5) is 0 Å². The van der Waals surface area contributed by atoms with E-state index in [0.29, 0.717) is 12.5 Å². The normalized spacial score (nSPS) is 14.7. The van der Waals surface area contributed by atoms with Gasteiger partial charge in [0.1, 0.15) is 0 Å². The van der Waals surface area contributed by atoms with Crippen molar-refractivity contribution < 1.29 is 5.11 Å². The van der Waals surface area contributed by atoms with Crippen LogP contribution in [-0.4, -0.2) is 73.4 Å². The molecule has 1 unspecified atom stereocenters. The van der Waals surface area contributed by atoms with Crippen molar-refractivity contribution in [2.45, 2.75) is 46.3 Å². The molecule has 0 aliphatic rings. The van der Waals surface area contributed by atoms with E-state index in [9.17, 15) is 5.11 Å². The number of aliphatic hydroxyl groups is 1. The van der Waals surface area contributed by atoms with Gasteiger partial charge >= 0.3 is 0 Å². The highest BCUT2D eigenvalue weighted by atomic mass is 16.3. The molecule has 0 amide bonds. The topological polar surface area (TPSA) is 38.7 Å². The van der Waals surface area contributed by atoms with Gasteiger partial charge in [-0.05, 0) is 40.8 Å². The van der Waals surface area contributed by atoms with Crippen molar-refractivity contribution in [2.75, 3.05) is 46.8 Å². The molecular formula is C15H35N3O. The van der Waals surface area contributed by atoms with Crippen molar-refractivity contribution in [3.63, 3.8) is 0 Å². The minimum absolute atomic E-state index is 0.0630. The lowest BCUT2D eigenvalue weighted by Crippen LogP contribution is -2.46. The molecule has 0 spiro atoms. The van der Waals surface area contributed by atoms with Crippen LogP contribution in [0.25, 0.3) is 0 Å². The van der Waals surface area contributed by atoms with Gasteiger partial charge in [-0.15, -0.1) is 0 Å². The Kier molecular flexibility index (Phi) is 8.83. The van der Waals surface area contributed by atoms with Crippen LogP contribution in [-0.2, 0) is 0 Å². The SMILES string of the molecule is CC(C)CN(CCN(C)C)CC(O)CNC(C)(C)C. The molecule has 0 saturated heterocycles. The average molecular weight is 273 g/mol. The first-order valence-corrected chi connectivity index (χ1v) is 7.40. The van der Waals surface area contributed by atoms with Crippen LogP contribution >= 0.6 is 0 Å². The lowest BCUT2D eigenvalue weighted by Gasteiger charge is -2.29. The van der Waals surface area contributed by atoms with Gasteiger partial charge < -0.3 is 15.3 Å². The fourth-order valence-corrected chi connectivity index (χ4v) is 1.90. The number of hydrogen-bond acceptors (Lipinski definition) is 4. The maximum atomic E-state index is 10.1. The maximum absolute atomic E-state index is 10.1. The molecule has 0 radical (unpaired) electrons. The van der Waals surface area contributed by atoms with Crippen molar-refractivity contribution in [1.82, 2.24) is 15.1 Å².